The van der Waals surface area contributed by atoms with Crippen molar-refractivity contribution < 1.29 is 31.8 Å². The molecule has 0 aliphatic heterocycles. The summed E-state index contributed by atoms with van der Waals surface area (Å²) in [6.07, 6.45) is 0.105. The maximum Gasteiger partial charge on any atom is 0.349 e. The summed E-state index contributed by atoms with van der Waals surface area (Å²) in [4.78, 5) is 40.5. The number of hydrogen-bond acceptors (Lipinski definition) is 9. The first-order valence-electron chi connectivity index (χ1n) is 12.3. The molecule has 2 aliphatic carbocycles. The fourth-order valence-electron chi connectivity index (χ4n) is 3.75. The highest BCUT2D eigenvalue weighted by Gasteiger charge is 2.47. The standard InChI is InChI=1S/C24H24Cl2F2N6O7S/c1-11(35)16(42(39,40)33-24(5-6-24)10-30-21(36)12-3-4-12)9-17(29-2)41-19-14(25)7-13(8-15(19)26)34-23(38)31-22(37)18(32-34)20(27)28/h7-9,12,20,33,35H,2-6,10H2,1H3,(H,30,36)(H,31,37,38)/b16-11-,17-9+. The predicted octanol–water partition coefficient (Wildman–Crippen LogP) is 2.85. The van der Waals surface area contributed by atoms with Crippen molar-refractivity contribution in [3.05, 3.63) is 71.3 Å². The number of nitrogens with zero attached hydrogens (tertiary/aromatic N) is 3. The molecule has 1 amide bonds. The van der Waals surface area contributed by atoms with Crippen LogP contribution in [0.25, 0.3) is 5.69 Å². The molecular formula is C24H24Cl2F2N6O7S. The number of halogens is 4. The van der Waals surface area contributed by atoms with Gasteiger partial charge in [0.25, 0.3) is 12.0 Å². The van der Waals surface area contributed by atoms with E-state index >= 15 is 0 Å². The maximum absolute atomic E-state index is 13.2. The fraction of sp³-hybridized carbons (Fsp3) is 0.375. The second-order valence-electron chi connectivity index (χ2n) is 9.67. The average molecular weight is 649 g/mol. The summed E-state index contributed by atoms with van der Waals surface area (Å²) in [7, 11) is -4.37. The topological polar surface area (TPSA) is 185 Å². The Morgan fingerprint density at radius 3 is 2.45 bits per heavy atom. The number of aromatic nitrogens is 3. The number of amides is 1. The summed E-state index contributed by atoms with van der Waals surface area (Å²) in [5.74, 6) is -1.57. The van der Waals surface area contributed by atoms with E-state index in [1.807, 2.05) is 0 Å². The van der Waals surface area contributed by atoms with Crippen molar-refractivity contribution in [3.63, 3.8) is 0 Å². The van der Waals surface area contributed by atoms with Gasteiger partial charge >= 0.3 is 5.69 Å². The average Bonchev–Trinajstić information content (AvgIpc) is 3.82. The number of H-pyrrole nitrogens is 1. The summed E-state index contributed by atoms with van der Waals surface area (Å²) < 4.78 is 61.2. The number of carbonyl (C=O) groups is 1. The highest BCUT2D eigenvalue weighted by molar-refractivity contribution is 7.93. The number of allylic oxidation sites excluding steroid dienone is 2. The molecule has 2 fully saturated rings. The molecule has 0 spiro atoms. The molecule has 0 unspecified atom stereocenters. The van der Waals surface area contributed by atoms with Gasteiger partial charge in [0.1, 0.15) is 10.7 Å². The van der Waals surface area contributed by atoms with E-state index < -0.39 is 55.5 Å². The predicted molar refractivity (Wildman–Crippen MR) is 149 cm³/mol. The van der Waals surface area contributed by atoms with Crippen LogP contribution in [-0.2, 0) is 14.8 Å². The minimum Gasteiger partial charge on any atom is -0.511 e. The van der Waals surface area contributed by atoms with Gasteiger partial charge in [-0.25, -0.2) is 31.7 Å². The molecule has 13 nitrogen and oxygen atoms in total. The summed E-state index contributed by atoms with van der Waals surface area (Å²) in [6, 6.07) is 2.12. The molecule has 2 saturated carbocycles. The normalized spacial score (nSPS) is 17.0. The Morgan fingerprint density at radius 1 is 1.33 bits per heavy atom. The van der Waals surface area contributed by atoms with Gasteiger partial charge in [0.2, 0.25) is 21.8 Å². The van der Waals surface area contributed by atoms with E-state index in [1.54, 1.807) is 4.98 Å². The lowest BCUT2D eigenvalue weighted by molar-refractivity contribution is -0.122. The number of ether oxygens (including phenoxy) is 1. The Balaban J connectivity index is 1.59. The molecule has 4 N–H and O–H groups in total. The minimum absolute atomic E-state index is 0.0504. The van der Waals surface area contributed by atoms with Gasteiger partial charge in [-0.3, -0.25) is 14.6 Å². The van der Waals surface area contributed by atoms with Crippen molar-refractivity contribution >= 4 is 45.8 Å². The summed E-state index contributed by atoms with van der Waals surface area (Å²) >= 11 is 12.5. The Hall–Kier alpha value is -3.60. The number of aromatic amines is 1. The summed E-state index contributed by atoms with van der Waals surface area (Å²) in [5, 5.41) is 15.7. The Bertz CT molecular complexity index is 1700. The number of nitrogens with one attached hydrogen (secondary N) is 3. The lowest BCUT2D eigenvalue weighted by atomic mass is 10.3. The zero-order chi connectivity index (χ0) is 31.0. The monoisotopic (exact) mass is 648 g/mol. The molecule has 1 aromatic carbocycles. The molecule has 0 bridgehead atoms. The highest BCUT2D eigenvalue weighted by atomic mass is 35.5. The summed E-state index contributed by atoms with van der Waals surface area (Å²) in [6.45, 7) is 4.53. The van der Waals surface area contributed by atoms with Crippen LogP contribution in [0.5, 0.6) is 5.75 Å². The molecule has 0 saturated heterocycles. The second kappa shape index (κ2) is 11.9. The van der Waals surface area contributed by atoms with Gasteiger partial charge in [-0.2, -0.15) is 9.78 Å². The van der Waals surface area contributed by atoms with E-state index in [9.17, 15) is 36.7 Å². The number of aliphatic imine (C=N–C) groups is 1. The van der Waals surface area contributed by atoms with Gasteiger partial charge in [0, 0.05) is 18.5 Å². The summed E-state index contributed by atoms with van der Waals surface area (Å²) in [5.41, 5.74) is -4.85. The van der Waals surface area contributed by atoms with Crippen molar-refractivity contribution in [1.29, 1.82) is 0 Å². The van der Waals surface area contributed by atoms with Crippen LogP contribution in [0.1, 0.15) is 44.7 Å². The lowest BCUT2D eigenvalue weighted by Crippen LogP contribution is -2.46. The molecular weight excluding hydrogens is 625 g/mol. The van der Waals surface area contributed by atoms with Gasteiger partial charge in [-0.05, 0) is 51.5 Å². The number of carbonyl (C=O) groups excluding carboxylic acids is 1. The van der Waals surface area contributed by atoms with Gasteiger partial charge in [-0.15, -0.1) is 0 Å². The van der Waals surface area contributed by atoms with E-state index in [0.29, 0.717) is 17.5 Å². The molecule has 1 heterocycles. The van der Waals surface area contributed by atoms with Crippen LogP contribution >= 0.6 is 23.2 Å². The van der Waals surface area contributed by atoms with Gasteiger partial charge in [-0.1, -0.05) is 23.2 Å². The molecule has 1 aromatic heterocycles. The van der Waals surface area contributed by atoms with Gasteiger partial charge in [0.15, 0.2) is 11.4 Å². The maximum atomic E-state index is 13.2. The van der Waals surface area contributed by atoms with E-state index in [1.165, 1.54) is 0 Å². The van der Waals surface area contributed by atoms with E-state index in [2.05, 4.69) is 26.8 Å². The van der Waals surface area contributed by atoms with Crippen molar-refractivity contribution in [2.24, 2.45) is 10.9 Å². The number of rotatable bonds is 12. The molecule has 18 heteroatoms. The SMILES string of the molecule is C=N/C(=C\C(=C(/C)O)S(=O)(=O)NC1(CNC(=O)C2CC2)CC1)Oc1c(Cl)cc(-n2nc(C(F)F)c(=O)[nH]c2=O)cc1Cl. The number of aliphatic hydroxyl groups excluding tert-OH is 1. The fourth-order valence-corrected chi connectivity index (χ4v) is 5.90. The van der Waals surface area contributed by atoms with Crippen LogP contribution in [0.2, 0.25) is 10.0 Å². The molecule has 4 rings (SSSR count). The lowest BCUT2D eigenvalue weighted by Gasteiger charge is -2.19. The first kappa shape index (κ1) is 31.3. The highest BCUT2D eigenvalue weighted by Crippen LogP contribution is 2.39. The van der Waals surface area contributed by atoms with Crippen molar-refractivity contribution in [2.75, 3.05) is 6.54 Å². The van der Waals surface area contributed by atoms with Crippen LogP contribution in [0, 0.1) is 5.92 Å². The van der Waals surface area contributed by atoms with Crippen LogP contribution in [0.4, 0.5) is 8.78 Å². The van der Waals surface area contributed by atoms with Crippen molar-refractivity contribution in [3.8, 4) is 11.4 Å². The van der Waals surface area contributed by atoms with Gasteiger partial charge in [0.05, 0.1) is 21.3 Å². The van der Waals surface area contributed by atoms with Crippen molar-refractivity contribution in [1.82, 2.24) is 24.8 Å². The number of hydrogen-bond donors (Lipinski definition) is 4. The Labute approximate surface area is 246 Å². The van der Waals surface area contributed by atoms with E-state index in [4.69, 9.17) is 27.9 Å². The first-order valence-corrected chi connectivity index (χ1v) is 14.5. The Morgan fingerprint density at radius 2 is 1.95 bits per heavy atom. The molecule has 2 aliphatic rings. The van der Waals surface area contributed by atoms with Crippen LogP contribution in [0.15, 0.2) is 49.3 Å². The smallest absolute Gasteiger partial charge is 0.349 e. The zero-order valence-corrected chi connectivity index (χ0v) is 24.1. The minimum atomic E-state index is -4.37. The molecule has 0 radical (unpaired) electrons. The second-order valence-corrected chi connectivity index (χ2v) is 12.1. The molecule has 42 heavy (non-hydrogen) atoms. The Kier molecular flexibility index (Phi) is 8.92. The number of benzene rings is 1. The number of aliphatic hydroxyl groups is 1. The largest absolute Gasteiger partial charge is 0.511 e. The molecule has 2 aromatic rings. The first-order chi connectivity index (χ1) is 19.7. The van der Waals surface area contributed by atoms with Gasteiger partial charge < -0.3 is 15.2 Å². The zero-order valence-electron chi connectivity index (χ0n) is 21.8. The van der Waals surface area contributed by atoms with E-state index in [0.717, 1.165) is 38.0 Å². The number of alkyl halides is 2. The van der Waals surface area contributed by atoms with Crippen LogP contribution in [-0.4, -0.2) is 53.0 Å². The third-order valence-electron chi connectivity index (χ3n) is 6.30. The van der Waals surface area contributed by atoms with Crippen LogP contribution < -0.4 is 26.0 Å². The van der Waals surface area contributed by atoms with E-state index in [-0.39, 0.29) is 39.9 Å². The number of sulfonamides is 1. The van der Waals surface area contributed by atoms with Crippen molar-refractivity contribution in [2.45, 2.75) is 44.6 Å². The quantitative estimate of drug-likeness (QED) is 0.154. The third-order valence-corrected chi connectivity index (χ3v) is 8.56. The molecule has 0 atom stereocenters. The van der Waals surface area contributed by atoms with Crippen LogP contribution in [0.3, 0.4) is 0 Å². The molecule has 226 valence electrons. The third kappa shape index (κ3) is 7.06.